The van der Waals surface area contributed by atoms with Crippen LogP contribution in [0.4, 0.5) is 0 Å². The van der Waals surface area contributed by atoms with E-state index in [4.69, 9.17) is 10.8 Å². The fourth-order valence-corrected chi connectivity index (χ4v) is 1.63. The Morgan fingerprint density at radius 3 is 2.61 bits per heavy atom. The molecule has 18 heavy (non-hydrogen) atoms. The summed E-state index contributed by atoms with van der Waals surface area (Å²) in [6.45, 7) is 2.16. The number of benzene rings is 1. The van der Waals surface area contributed by atoms with Crippen LogP contribution in [0.5, 0.6) is 0 Å². The van der Waals surface area contributed by atoms with Gasteiger partial charge in [-0.2, -0.15) is 0 Å². The van der Waals surface area contributed by atoms with Crippen molar-refractivity contribution in [3.8, 4) is 0 Å². The van der Waals surface area contributed by atoms with Crippen LogP contribution >= 0.6 is 0 Å². The van der Waals surface area contributed by atoms with Crippen molar-refractivity contribution in [1.82, 2.24) is 5.32 Å². The number of nitrogens with one attached hydrogen (secondary N) is 1. The third kappa shape index (κ3) is 5.80. The lowest BCUT2D eigenvalue weighted by molar-refractivity contribution is -0.122. The number of hydrogen-bond donors (Lipinski definition) is 3. The van der Waals surface area contributed by atoms with Gasteiger partial charge in [-0.15, -0.1) is 0 Å². The number of rotatable bonds is 7. The van der Waals surface area contributed by atoms with Crippen molar-refractivity contribution in [2.75, 3.05) is 6.54 Å². The Morgan fingerprint density at radius 1 is 1.33 bits per heavy atom. The van der Waals surface area contributed by atoms with E-state index in [1.165, 1.54) is 5.56 Å². The number of nitrogens with two attached hydrogens (primary N) is 1. The van der Waals surface area contributed by atoms with Crippen LogP contribution in [0.25, 0.3) is 0 Å². The van der Waals surface area contributed by atoms with E-state index in [1.54, 1.807) is 6.92 Å². The van der Waals surface area contributed by atoms with Crippen molar-refractivity contribution in [1.29, 1.82) is 0 Å². The second-order valence-electron chi connectivity index (χ2n) is 4.56. The lowest BCUT2D eigenvalue weighted by Crippen LogP contribution is -2.41. The van der Waals surface area contributed by atoms with Crippen LogP contribution in [0.15, 0.2) is 30.3 Å². The highest BCUT2D eigenvalue weighted by atomic mass is 16.3. The molecule has 0 aliphatic carbocycles. The standard InChI is InChI=1S/C14H22N2O2/c1-11(17)9-10-16-14(18)13(15)8-7-12-5-3-2-4-6-12/h2-6,11,13,17H,7-10,15H2,1H3,(H,16,18). The molecule has 1 amide bonds. The molecular formula is C14H22N2O2. The summed E-state index contributed by atoms with van der Waals surface area (Å²) < 4.78 is 0. The van der Waals surface area contributed by atoms with E-state index >= 15 is 0 Å². The maximum Gasteiger partial charge on any atom is 0.236 e. The smallest absolute Gasteiger partial charge is 0.236 e. The van der Waals surface area contributed by atoms with Gasteiger partial charge in [-0.05, 0) is 31.7 Å². The summed E-state index contributed by atoms with van der Waals surface area (Å²) in [5.41, 5.74) is 6.99. The SMILES string of the molecule is CC(O)CCNC(=O)C(N)CCc1ccccc1. The molecule has 2 atom stereocenters. The second-order valence-corrected chi connectivity index (χ2v) is 4.56. The van der Waals surface area contributed by atoms with Gasteiger partial charge in [0.05, 0.1) is 12.1 Å². The van der Waals surface area contributed by atoms with E-state index in [2.05, 4.69) is 5.32 Å². The largest absolute Gasteiger partial charge is 0.393 e. The minimum Gasteiger partial charge on any atom is -0.393 e. The molecule has 4 N–H and O–H groups in total. The van der Waals surface area contributed by atoms with Gasteiger partial charge in [0.15, 0.2) is 0 Å². The Bertz CT molecular complexity index is 352. The molecule has 100 valence electrons. The predicted molar refractivity (Wildman–Crippen MR) is 72.0 cm³/mol. The highest BCUT2D eigenvalue weighted by Crippen LogP contribution is 2.04. The first kappa shape index (κ1) is 14.7. The lowest BCUT2D eigenvalue weighted by atomic mass is 10.1. The average Bonchev–Trinajstić information content (AvgIpc) is 2.36. The van der Waals surface area contributed by atoms with E-state index in [0.29, 0.717) is 19.4 Å². The van der Waals surface area contributed by atoms with Crippen molar-refractivity contribution in [2.45, 2.75) is 38.3 Å². The Morgan fingerprint density at radius 2 is 2.00 bits per heavy atom. The highest BCUT2D eigenvalue weighted by Gasteiger charge is 2.12. The Hall–Kier alpha value is -1.39. The van der Waals surface area contributed by atoms with Gasteiger partial charge >= 0.3 is 0 Å². The maximum absolute atomic E-state index is 11.6. The van der Waals surface area contributed by atoms with Crippen LogP contribution in [-0.4, -0.2) is 29.7 Å². The van der Waals surface area contributed by atoms with Crippen LogP contribution < -0.4 is 11.1 Å². The van der Waals surface area contributed by atoms with Gasteiger partial charge in [0.1, 0.15) is 0 Å². The van der Waals surface area contributed by atoms with Crippen molar-refractivity contribution >= 4 is 5.91 Å². The first-order valence-electron chi connectivity index (χ1n) is 6.35. The minimum atomic E-state index is -0.487. The molecule has 4 nitrogen and oxygen atoms in total. The molecule has 1 aromatic carbocycles. The Balaban J connectivity index is 2.23. The molecule has 0 aliphatic rings. The number of hydrogen-bond acceptors (Lipinski definition) is 3. The normalized spacial score (nSPS) is 13.9. The van der Waals surface area contributed by atoms with Gasteiger partial charge in [0.2, 0.25) is 5.91 Å². The van der Waals surface area contributed by atoms with Gasteiger partial charge in [-0.25, -0.2) is 0 Å². The molecule has 0 aromatic heterocycles. The Labute approximate surface area is 108 Å². The molecule has 0 bridgehead atoms. The molecule has 0 aliphatic heterocycles. The van der Waals surface area contributed by atoms with Gasteiger partial charge in [-0.3, -0.25) is 4.79 Å². The molecule has 0 radical (unpaired) electrons. The quantitative estimate of drug-likeness (QED) is 0.671. The zero-order chi connectivity index (χ0) is 13.4. The predicted octanol–water partition coefficient (Wildman–Crippen LogP) is 0.834. The van der Waals surface area contributed by atoms with E-state index in [9.17, 15) is 4.79 Å². The van der Waals surface area contributed by atoms with Gasteiger partial charge in [0, 0.05) is 6.54 Å². The Kier molecular flexibility index (Phi) is 6.39. The zero-order valence-corrected chi connectivity index (χ0v) is 10.8. The molecule has 1 aromatic rings. The molecule has 2 unspecified atom stereocenters. The molecule has 0 saturated heterocycles. The molecule has 0 saturated carbocycles. The van der Waals surface area contributed by atoms with Gasteiger partial charge in [-0.1, -0.05) is 30.3 Å². The number of carbonyl (C=O) groups is 1. The van der Waals surface area contributed by atoms with E-state index < -0.39 is 12.1 Å². The van der Waals surface area contributed by atoms with Crippen molar-refractivity contribution < 1.29 is 9.90 Å². The van der Waals surface area contributed by atoms with Gasteiger partial charge < -0.3 is 16.2 Å². The van der Waals surface area contributed by atoms with Crippen LogP contribution in [-0.2, 0) is 11.2 Å². The number of amides is 1. The van der Waals surface area contributed by atoms with E-state index in [-0.39, 0.29) is 5.91 Å². The third-order valence-electron chi connectivity index (χ3n) is 2.78. The summed E-state index contributed by atoms with van der Waals surface area (Å²) in [7, 11) is 0. The van der Waals surface area contributed by atoms with E-state index in [1.807, 2.05) is 30.3 Å². The molecule has 0 fully saturated rings. The first-order valence-corrected chi connectivity index (χ1v) is 6.35. The number of aliphatic hydroxyl groups excluding tert-OH is 1. The summed E-state index contributed by atoms with van der Waals surface area (Å²) >= 11 is 0. The van der Waals surface area contributed by atoms with Crippen molar-refractivity contribution in [2.24, 2.45) is 5.73 Å². The summed E-state index contributed by atoms with van der Waals surface area (Å²) in [6, 6.07) is 9.48. The van der Waals surface area contributed by atoms with Crippen LogP contribution in [0.1, 0.15) is 25.3 Å². The third-order valence-corrected chi connectivity index (χ3v) is 2.78. The second kappa shape index (κ2) is 7.84. The summed E-state index contributed by atoms with van der Waals surface area (Å²) in [6.07, 6.45) is 1.58. The number of aliphatic hydroxyl groups is 1. The zero-order valence-electron chi connectivity index (χ0n) is 10.8. The number of aryl methyl sites for hydroxylation is 1. The fourth-order valence-electron chi connectivity index (χ4n) is 1.63. The molecule has 0 heterocycles. The fraction of sp³-hybridized carbons (Fsp3) is 0.500. The van der Waals surface area contributed by atoms with Gasteiger partial charge in [0.25, 0.3) is 0 Å². The van der Waals surface area contributed by atoms with Crippen molar-refractivity contribution in [3.05, 3.63) is 35.9 Å². The summed E-state index contributed by atoms with van der Waals surface area (Å²) in [5.74, 6) is -0.147. The molecular weight excluding hydrogens is 228 g/mol. The maximum atomic E-state index is 11.6. The summed E-state index contributed by atoms with van der Waals surface area (Å²) in [4.78, 5) is 11.6. The monoisotopic (exact) mass is 250 g/mol. The van der Waals surface area contributed by atoms with Crippen LogP contribution in [0.3, 0.4) is 0 Å². The minimum absolute atomic E-state index is 0.147. The average molecular weight is 250 g/mol. The lowest BCUT2D eigenvalue weighted by Gasteiger charge is -2.12. The van der Waals surface area contributed by atoms with Crippen LogP contribution in [0, 0.1) is 0 Å². The molecule has 4 heteroatoms. The topological polar surface area (TPSA) is 75.3 Å². The summed E-state index contributed by atoms with van der Waals surface area (Å²) in [5, 5.41) is 11.8. The first-order chi connectivity index (χ1) is 8.59. The number of carbonyl (C=O) groups excluding carboxylic acids is 1. The molecule has 1 rings (SSSR count). The van der Waals surface area contributed by atoms with Crippen molar-refractivity contribution in [3.63, 3.8) is 0 Å². The van der Waals surface area contributed by atoms with Crippen LogP contribution in [0.2, 0.25) is 0 Å². The highest BCUT2D eigenvalue weighted by molar-refractivity contribution is 5.81. The van der Waals surface area contributed by atoms with E-state index in [0.717, 1.165) is 6.42 Å². The molecule has 0 spiro atoms.